The summed E-state index contributed by atoms with van der Waals surface area (Å²) >= 11 is 5.90. The van der Waals surface area contributed by atoms with E-state index in [1.807, 2.05) is 42.5 Å². The van der Waals surface area contributed by atoms with Crippen LogP contribution in [0.25, 0.3) is 0 Å². The summed E-state index contributed by atoms with van der Waals surface area (Å²) in [6.45, 7) is 3.43. The highest BCUT2D eigenvalue weighted by molar-refractivity contribution is 7.80. The third kappa shape index (κ3) is 6.49. The molecule has 1 saturated heterocycles. The Labute approximate surface area is 229 Å². The number of thiocarbonyl (C=S) groups is 1. The highest BCUT2D eigenvalue weighted by Gasteiger charge is 2.30. The average molecular weight is 532 g/mol. The van der Waals surface area contributed by atoms with Crippen LogP contribution in [-0.4, -0.2) is 52.7 Å². The van der Waals surface area contributed by atoms with Crippen molar-refractivity contribution in [3.63, 3.8) is 0 Å². The van der Waals surface area contributed by atoms with Crippen molar-refractivity contribution in [2.45, 2.75) is 44.4 Å². The highest BCUT2D eigenvalue weighted by Crippen LogP contribution is 2.24. The predicted molar refractivity (Wildman–Crippen MR) is 153 cm³/mol. The molecule has 1 fully saturated rings. The number of fused-ring (bicyclic) bond motifs is 1. The van der Waals surface area contributed by atoms with Crippen LogP contribution in [0, 0.1) is 5.82 Å². The summed E-state index contributed by atoms with van der Waals surface area (Å²) in [5, 5.41) is 10.1. The van der Waals surface area contributed by atoms with Crippen LogP contribution in [0.15, 0.2) is 78.9 Å². The van der Waals surface area contributed by atoms with Crippen molar-refractivity contribution in [2.75, 3.05) is 25.0 Å². The largest absolute Gasteiger partial charge is 0.361 e. The van der Waals surface area contributed by atoms with E-state index < -0.39 is 0 Å². The number of likely N-dealkylation sites (tertiary alicyclic amines) is 1. The molecule has 0 saturated carbocycles. The summed E-state index contributed by atoms with van der Waals surface area (Å²) in [4.78, 5) is 17.1. The molecule has 0 aromatic heterocycles. The quantitative estimate of drug-likeness (QED) is 0.378. The van der Waals surface area contributed by atoms with E-state index in [1.54, 1.807) is 6.07 Å². The molecule has 0 aliphatic carbocycles. The lowest BCUT2D eigenvalue weighted by molar-refractivity contribution is 0.231. The van der Waals surface area contributed by atoms with Crippen LogP contribution in [0.1, 0.15) is 29.5 Å². The van der Waals surface area contributed by atoms with Gasteiger partial charge in [0.1, 0.15) is 5.82 Å². The van der Waals surface area contributed by atoms with Crippen LogP contribution in [0.5, 0.6) is 0 Å². The van der Waals surface area contributed by atoms with Crippen molar-refractivity contribution >= 4 is 29.0 Å². The summed E-state index contributed by atoms with van der Waals surface area (Å²) in [5.74, 6) is -0.153. The zero-order valence-corrected chi connectivity index (χ0v) is 22.2. The van der Waals surface area contributed by atoms with Crippen LogP contribution in [-0.2, 0) is 19.5 Å². The van der Waals surface area contributed by atoms with E-state index in [1.165, 1.54) is 17.2 Å². The summed E-state index contributed by atoms with van der Waals surface area (Å²) < 4.78 is 14.2. The molecule has 3 aromatic rings. The van der Waals surface area contributed by atoms with Gasteiger partial charge in [-0.3, -0.25) is 4.90 Å². The third-order valence-electron chi connectivity index (χ3n) is 7.47. The Bertz CT molecular complexity index is 1260. The number of nitrogens with one attached hydrogen (secondary N) is 3. The molecule has 198 valence electrons. The van der Waals surface area contributed by atoms with Crippen molar-refractivity contribution < 1.29 is 9.18 Å². The summed E-state index contributed by atoms with van der Waals surface area (Å²) in [7, 11) is 0. The number of urea groups is 1. The van der Waals surface area contributed by atoms with Gasteiger partial charge in [-0.25, -0.2) is 9.18 Å². The molecule has 5 rings (SSSR count). The number of amides is 2. The Kier molecular flexibility index (Phi) is 8.51. The number of hydrogen-bond donors (Lipinski definition) is 3. The van der Waals surface area contributed by atoms with Crippen LogP contribution in [0.2, 0.25) is 0 Å². The summed E-state index contributed by atoms with van der Waals surface area (Å²) in [6, 6.07) is 24.9. The number of carbonyl (C=O) groups excluding carboxylic acids is 1. The molecule has 6 nitrogen and oxygen atoms in total. The van der Waals surface area contributed by atoms with Gasteiger partial charge in [0.15, 0.2) is 5.11 Å². The molecular formula is C30H34FN5OS. The minimum atomic E-state index is -0.233. The predicted octanol–water partition coefficient (Wildman–Crippen LogP) is 4.91. The molecule has 0 spiro atoms. The van der Waals surface area contributed by atoms with Crippen molar-refractivity contribution in [1.82, 2.24) is 20.4 Å². The molecule has 2 amide bonds. The number of nitrogens with zero attached hydrogens (tertiary/aromatic N) is 2. The summed E-state index contributed by atoms with van der Waals surface area (Å²) in [5.41, 5.74) is 4.02. The molecule has 3 N–H and O–H groups in total. The van der Waals surface area contributed by atoms with E-state index in [0.29, 0.717) is 31.3 Å². The lowest BCUT2D eigenvalue weighted by atomic mass is 9.94. The zero-order valence-electron chi connectivity index (χ0n) is 21.4. The first-order valence-electron chi connectivity index (χ1n) is 13.3. The molecule has 2 atom stereocenters. The number of rotatable bonds is 7. The molecule has 0 bridgehead atoms. The van der Waals surface area contributed by atoms with E-state index >= 15 is 0 Å². The van der Waals surface area contributed by atoms with Gasteiger partial charge >= 0.3 is 6.03 Å². The molecular weight excluding hydrogens is 497 g/mol. The number of para-hydroxylation sites is 1. The van der Waals surface area contributed by atoms with Crippen LogP contribution in [0.3, 0.4) is 0 Å². The second-order valence-electron chi connectivity index (χ2n) is 10.00. The maximum atomic E-state index is 14.2. The number of benzene rings is 3. The lowest BCUT2D eigenvalue weighted by Gasteiger charge is -2.39. The van der Waals surface area contributed by atoms with Gasteiger partial charge in [-0.15, -0.1) is 0 Å². The van der Waals surface area contributed by atoms with Gasteiger partial charge in [-0.2, -0.15) is 0 Å². The van der Waals surface area contributed by atoms with Crippen molar-refractivity contribution in [1.29, 1.82) is 0 Å². The summed E-state index contributed by atoms with van der Waals surface area (Å²) in [6.07, 6.45) is 2.94. The standard InChI is InChI=1S/C30H34FN5OS/c31-28-15-7-6-11-24(28)20-35-16-8-14-26(35)18-33-30(38)36-21-23-10-5-4-9-22(23)17-27(36)19-32-29(37)34-25-12-2-1-3-13-25/h1-7,9-13,15,26-27H,8,14,16-21H2,(H,33,38)(H2,32,34,37)/t26-,27+/m1/s1. The Morgan fingerprint density at radius 3 is 2.42 bits per heavy atom. The number of hydrogen-bond acceptors (Lipinski definition) is 3. The highest BCUT2D eigenvalue weighted by atomic mass is 32.1. The fraction of sp³-hybridized carbons (Fsp3) is 0.333. The molecule has 8 heteroatoms. The van der Waals surface area contributed by atoms with Gasteiger partial charge in [-0.1, -0.05) is 60.7 Å². The fourth-order valence-corrected chi connectivity index (χ4v) is 5.70. The van der Waals surface area contributed by atoms with Crippen molar-refractivity contribution in [3.8, 4) is 0 Å². The van der Waals surface area contributed by atoms with Gasteiger partial charge in [0.05, 0.1) is 6.04 Å². The Morgan fingerprint density at radius 2 is 1.61 bits per heavy atom. The molecule has 2 aliphatic rings. The zero-order chi connectivity index (χ0) is 26.3. The third-order valence-corrected chi connectivity index (χ3v) is 7.84. The van der Waals surface area contributed by atoms with Gasteiger partial charge < -0.3 is 20.9 Å². The van der Waals surface area contributed by atoms with Crippen LogP contribution >= 0.6 is 12.2 Å². The second kappa shape index (κ2) is 12.4. The average Bonchev–Trinajstić information content (AvgIpc) is 3.38. The van der Waals surface area contributed by atoms with Gasteiger partial charge in [0, 0.05) is 43.5 Å². The number of anilines is 1. The molecule has 0 radical (unpaired) electrons. The van der Waals surface area contributed by atoms with Gasteiger partial charge in [-0.05, 0) is 67.4 Å². The Morgan fingerprint density at radius 1 is 0.895 bits per heavy atom. The van der Waals surface area contributed by atoms with Crippen LogP contribution < -0.4 is 16.0 Å². The maximum Gasteiger partial charge on any atom is 0.319 e. The minimum absolute atomic E-state index is 0.0320. The van der Waals surface area contributed by atoms with Crippen molar-refractivity contribution in [3.05, 3.63) is 101 Å². The molecule has 38 heavy (non-hydrogen) atoms. The lowest BCUT2D eigenvalue weighted by Crippen LogP contribution is -2.54. The SMILES string of the molecule is O=C(NC[C@@H]1Cc2ccccc2CN1C(=S)NC[C@H]1CCCN1Cc1ccccc1F)Nc1ccccc1. The Hall–Kier alpha value is -3.49. The molecule has 2 aliphatic heterocycles. The van der Waals surface area contributed by atoms with Gasteiger partial charge in [0.2, 0.25) is 0 Å². The van der Waals surface area contributed by atoms with Crippen LogP contribution in [0.4, 0.5) is 14.9 Å². The molecule has 0 unspecified atom stereocenters. The number of halogens is 1. The molecule has 2 heterocycles. The Balaban J connectivity index is 1.20. The minimum Gasteiger partial charge on any atom is -0.361 e. The van der Waals surface area contributed by atoms with E-state index in [-0.39, 0.29) is 23.9 Å². The smallest absolute Gasteiger partial charge is 0.319 e. The van der Waals surface area contributed by atoms with Gasteiger partial charge in [0.25, 0.3) is 0 Å². The first-order valence-corrected chi connectivity index (χ1v) is 13.7. The van der Waals surface area contributed by atoms with E-state index in [9.17, 15) is 9.18 Å². The number of carbonyl (C=O) groups is 1. The topological polar surface area (TPSA) is 59.6 Å². The fourth-order valence-electron chi connectivity index (χ4n) is 5.40. The van der Waals surface area contributed by atoms with E-state index in [0.717, 1.165) is 37.1 Å². The normalized spacial score (nSPS) is 19.0. The molecule has 3 aromatic carbocycles. The van der Waals surface area contributed by atoms with E-state index in [2.05, 4.69) is 50.0 Å². The first-order chi connectivity index (χ1) is 18.6. The van der Waals surface area contributed by atoms with Crippen molar-refractivity contribution in [2.24, 2.45) is 0 Å². The second-order valence-corrected chi connectivity index (χ2v) is 10.4. The maximum absolute atomic E-state index is 14.2. The first kappa shape index (κ1) is 26.1. The van der Waals surface area contributed by atoms with E-state index in [4.69, 9.17) is 12.2 Å². The monoisotopic (exact) mass is 531 g/mol.